The zero-order valence-electron chi connectivity index (χ0n) is 28.7. The van der Waals surface area contributed by atoms with Gasteiger partial charge in [0.25, 0.3) is 0 Å². The maximum atomic E-state index is 11.4. The molecule has 0 radical (unpaired) electrons. The molecule has 2 aliphatic carbocycles. The van der Waals surface area contributed by atoms with Crippen molar-refractivity contribution >= 4 is 0 Å². The predicted octanol–water partition coefficient (Wildman–Crippen LogP) is 8.16. The van der Waals surface area contributed by atoms with Crippen LogP contribution in [0.5, 0.6) is 0 Å². The number of hydrogen-bond acceptors (Lipinski definition) is 4. The molecule has 44 heavy (non-hydrogen) atoms. The number of aliphatic hydroxyl groups excluding tert-OH is 2. The lowest BCUT2D eigenvalue weighted by Crippen LogP contribution is -2.65. The average Bonchev–Trinajstić information content (AvgIpc) is 2.87. The van der Waals surface area contributed by atoms with E-state index in [0.29, 0.717) is 12.8 Å². The third-order valence-electron chi connectivity index (χ3n) is 8.85. The quantitative estimate of drug-likeness (QED) is 0.167. The monoisotopic (exact) mass is 600 g/mol. The summed E-state index contributed by atoms with van der Waals surface area (Å²) in [4.78, 5) is 0. The first-order chi connectivity index (χ1) is 20.3. The van der Waals surface area contributed by atoms with Crippen LogP contribution in [0.25, 0.3) is 0 Å². The third kappa shape index (κ3) is 10.3. The Hall–Kier alpha value is -2.94. The van der Waals surface area contributed by atoms with Crippen molar-refractivity contribution in [3.8, 4) is 11.8 Å². The zero-order chi connectivity index (χ0) is 33.3. The van der Waals surface area contributed by atoms with E-state index in [2.05, 4.69) is 51.7 Å². The van der Waals surface area contributed by atoms with E-state index in [1.807, 2.05) is 89.3 Å². The van der Waals surface area contributed by atoms with Crippen LogP contribution in [-0.4, -0.2) is 43.8 Å². The fourth-order valence-electron chi connectivity index (χ4n) is 6.37. The average molecular weight is 601 g/mol. The fourth-order valence-corrected chi connectivity index (χ4v) is 6.37. The summed E-state index contributed by atoms with van der Waals surface area (Å²) in [6, 6.07) is 0. The second kappa shape index (κ2) is 15.4. The van der Waals surface area contributed by atoms with Crippen molar-refractivity contribution < 1.29 is 20.4 Å². The summed E-state index contributed by atoms with van der Waals surface area (Å²) < 4.78 is 0. The number of hydrogen-bond donors (Lipinski definition) is 4. The molecule has 0 aliphatic heterocycles. The Morgan fingerprint density at radius 3 is 1.77 bits per heavy atom. The molecule has 240 valence electrons. The van der Waals surface area contributed by atoms with E-state index in [4.69, 9.17) is 0 Å². The molecule has 0 heterocycles. The minimum Gasteiger partial charge on any atom is -0.393 e. The molecule has 0 aromatic rings. The normalized spacial score (nSPS) is 30.6. The molecule has 1 fully saturated rings. The number of rotatable bonds is 8. The topological polar surface area (TPSA) is 80.9 Å². The molecule has 0 saturated heterocycles. The van der Waals surface area contributed by atoms with Gasteiger partial charge in [-0.2, -0.15) is 0 Å². The summed E-state index contributed by atoms with van der Waals surface area (Å²) in [7, 11) is 0. The molecule has 2 aliphatic rings. The summed E-state index contributed by atoms with van der Waals surface area (Å²) in [6.45, 7) is 19.8. The smallest absolute Gasteiger partial charge is 0.117 e. The van der Waals surface area contributed by atoms with E-state index in [1.165, 1.54) is 5.57 Å². The molecule has 0 amide bonds. The third-order valence-corrected chi connectivity index (χ3v) is 8.85. The Balaban J connectivity index is 1.96. The molecule has 0 aromatic heterocycles. The van der Waals surface area contributed by atoms with Crippen LogP contribution in [0.3, 0.4) is 0 Å². The van der Waals surface area contributed by atoms with Gasteiger partial charge in [0.05, 0.1) is 17.8 Å². The first kappa shape index (κ1) is 37.2. The highest BCUT2D eigenvalue weighted by Gasteiger charge is 2.58. The van der Waals surface area contributed by atoms with Crippen LogP contribution in [0, 0.1) is 22.7 Å². The van der Waals surface area contributed by atoms with Crippen molar-refractivity contribution in [3.05, 3.63) is 106 Å². The predicted molar refractivity (Wildman–Crippen MR) is 186 cm³/mol. The summed E-state index contributed by atoms with van der Waals surface area (Å²) in [5, 5.41) is 42.6. The molecular formula is C40H56O4. The van der Waals surface area contributed by atoms with E-state index in [0.717, 1.165) is 34.3 Å². The Kier molecular flexibility index (Phi) is 13.0. The Labute approximate surface area is 267 Å². The Bertz CT molecular complexity index is 1350. The van der Waals surface area contributed by atoms with Crippen LogP contribution < -0.4 is 0 Å². The van der Waals surface area contributed by atoms with Gasteiger partial charge >= 0.3 is 0 Å². The van der Waals surface area contributed by atoms with Crippen LogP contribution in [-0.2, 0) is 0 Å². The molecular weight excluding hydrogens is 544 g/mol. The van der Waals surface area contributed by atoms with Crippen molar-refractivity contribution in [3.63, 3.8) is 0 Å². The lowest BCUT2D eigenvalue weighted by molar-refractivity contribution is -0.216. The van der Waals surface area contributed by atoms with Gasteiger partial charge in [0.2, 0.25) is 0 Å². The molecule has 4 atom stereocenters. The van der Waals surface area contributed by atoms with Crippen molar-refractivity contribution in [2.24, 2.45) is 10.8 Å². The van der Waals surface area contributed by atoms with Gasteiger partial charge in [-0.3, -0.25) is 0 Å². The molecule has 0 bridgehead atoms. The lowest BCUT2D eigenvalue weighted by Gasteiger charge is -2.54. The minimum atomic E-state index is -1.45. The maximum absolute atomic E-state index is 11.4. The summed E-state index contributed by atoms with van der Waals surface area (Å²) in [6.07, 6.45) is 24.8. The van der Waals surface area contributed by atoms with E-state index >= 15 is 0 Å². The molecule has 0 unspecified atom stereocenters. The molecule has 4 heteroatoms. The van der Waals surface area contributed by atoms with Crippen molar-refractivity contribution in [1.82, 2.24) is 0 Å². The van der Waals surface area contributed by atoms with Crippen molar-refractivity contribution in [1.29, 1.82) is 0 Å². The van der Waals surface area contributed by atoms with Gasteiger partial charge in [0.15, 0.2) is 0 Å². The van der Waals surface area contributed by atoms with Crippen molar-refractivity contribution in [2.45, 2.75) is 118 Å². The van der Waals surface area contributed by atoms with Crippen LogP contribution >= 0.6 is 0 Å². The summed E-state index contributed by atoms with van der Waals surface area (Å²) in [5.74, 6) is 6.65. The molecule has 4 N–H and O–H groups in total. The first-order valence-electron chi connectivity index (χ1n) is 15.7. The SMILES string of the molecule is CC1=C(C#C/C(C)=C/C=C/C(C)=C/C=C/C=C(C)/C=C/C=C(C)/C=C/[C@]2(O)C(C)(C)C[C@H](O)C[C@@]2(C)O)C(C)(C)C[C@H](O)C1. The molecule has 1 saturated carbocycles. The van der Waals surface area contributed by atoms with Crippen LogP contribution in [0.2, 0.25) is 0 Å². The van der Waals surface area contributed by atoms with Crippen LogP contribution in [0.15, 0.2) is 106 Å². The first-order valence-corrected chi connectivity index (χ1v) is 15.7. The van der Waals surface area contributed by atoms with Gasteiger partial charge in [-0.15, -0.1) is 0 Å². The van der Waals surface area contributed by atoms with Crippen LogP contribution in [0.1, 0.15) is 94.9 Å². The molecule has 2 rings (SSSR count). The Morgan fingerprint density at radius 1 is 0.705 bits per heavy atom. The van der Waals surface area contributed by atoms with Crippen molar-refractivity contribution in [2.75, 3.05) is 0 Å². The highest BCUT2D eigenvalue weighted by Crippen LogP contribution is 2.50. The second-order valence-corrected chi connectivity index (χ2v) is 14.4. The molecule has 4 nitrogen and oxygen atoms in total. The minimum absolute atomic E-state index is 0.0983. The van der Waals surface area contributed by atoms with E-state index in [-0.39, 0.29) is 17.9 Å². The van der Waals surface area contributed by atoms with Gasteiger partial charge in [0.1, 0.15) is 5.60 Å². The maximum Gasteiger partial charge on any atom is 0.117 e. The van der Waals surface area contributed by atoms with E-state index in [1.54, 1.807) is 13.0 Å². The van der Waals surface area contributed by atoms with Gasteiger partial charge in [0, 0.05) is 22.8 Å². The largest absolute Gasteiger partial charge is 0.393 e. The second-order valence-electron chi connectivity index (χ2n) is 14.4. The molecule has 0 spiro atoms. The standard InChI is InChI=1S/C40H56O4/c1-29(17-13-19-31(3)21-22-36-33(5)25-34(41)26-37(36,6)7)15-11-12-16-30(2)18-14-20-32(4)23-24-40(44)38(8,9)27-35(42)28-39(40,10)43/h11-20,23-24,34-35,41-44H,25-28H2,1-10H3/b12-11+,17-13+,18-14+,24-23+,29-15+,30-16+,31-19+,32-20+/t34-,35+,39-,40+/m1/s1. The zero-order valence-corrected chi connectivity index (χ0v) is 28.7. The van der Waals surface area contributed by atoms with Gasteiger partial charge in [-0.1, -0.05) is 129 Å². The van der Waals surface area contributed by atoms with E-state index < -0.39 is 22.7 Å². The number of allylic oxidation sites excluding steroid dienone is 16. The Morgan fingerprint density at radius 2 is 1.23 bits per heavy atom. The van der Waals surface area contributed by atoms with Gasteiger partial charge in [-0.05, 0) is 72.5 Å². The molecule has 0 aromatic carbocycles. The lowest BCUT2D eigenvalue weighted by atomic mass is 9.57. The van der Waals surface area contributed by atoms with Gasteiger partial charge in [-0.25, -0.2) is 0 Å². The summed E-state index contributed by atoms with van der Waals surface area (Å²) >= 11 is 0. The van der Waals surface area contributed by atoms with E-state index in [9.17, 15) is 20.4 Å². The number of aliphatic hydroxyl groups is 4. The highest BCUT2D eigenvalue weighted by molar-refractivity contribution is 5.45. The van der Waals surface area contributed by atoms with Gasteiger partial charge < -0.3 is 20.4 Å². The highest BCUT2D eigenvalue weighted by atomic mass is 16.4. The summed E-state index contributed by atoms with van der Waals surface area (Å²) in [5.41, 5.74) is 2.87. The fraction of sp³-hybridized carbons (Fsp3) is 0.500. The van der Waals surface area contributed by atoms with Crippen LogP contribution in [0.4, 0.5) is 0 Å².